The van der Waals surface area contributed by atoms with Gasteiger partial charge in [0.25, 0.3) is 0 Å². The Labute approximate surface area is 163 Å². The molecule has 0 radical (unpaired) electrons. The summed E-state index contributed by atoms with van der Waals surface area (Å²) in [6.07, 6.45) is -8.78. The Hall–Kier alpha value is -2.55. The van der Waals surface area contributed by atoms with Gasteiger partial charge in [-0.05, 0) is 35.2 Å². The van der Waals surface area contributed by atoms with Gasteiger partial charge in [-0.15, -0.1) is 0 Å². The Morgan fingerprint density at radius 1 is 0.931 bits per heavy atom. The zero-order valence-electron chi connectivity index (χ0n) is 15.3. The summed E-state index contributed by atoms with van der Waals surface area (Å²) in [4.78, 5) is 11.2. The summed E-state index contributed by atoms with van der Waals surface area (Å²) < 4.78 is 78.4. The minimum Gasteiger partial charge on any atom is -0.480 e. The van der Waals surface area contributed by atoms with Crippen LogP contribution >= 0.6 is 0 Å². The van der Waals surface area contributed by atoms with Crippen LogP contribution < -0.4 is 5.32 Å². The standard InChI is InChI=1S/C20H19F6NO2/c1-2-3-16(18(28)29)27-17(20(24,25)26)14-6-4-12(5-7-14)13-8-10-15(11-9-13)19(21,22)23/h4-11,16-17,27H,2-3H2,1H3,(H,28,29)/t16-,17-/m0/s1. The molecule has 0 heterocycles. The third-order valence-corrected chi connectivity index (χ3v) is 4.36. The fourth-order valence-electron chi connectivity index (χ4n) is 2.87. The number of carboxylic acid groups (broad SMARTS) is 1. The van der Waals surface area contributed by atoms with Gasteiger partial charge < -0.3 is 5.11 Å². The van der Waals surface area contributed by atoms with Gasteiger partial charge in [-0.25, -0.2) is 0 Å². The fourth-order valence-corrected chi connectivity index (χ4v) is 2.87. The van der Waals surface area contributed by atoms with Crippen molar-refractivity contribution in [1.29, 1.82) is 0 Å². The number of halogens is 6. The maximum Gasteiger partial charge on any atom is 0.416 e. The Balaban J connectivity index is 2.28. The van der Waals surface area contributed by atoms with Crippen molar-refractivity contribution in [1.82, 2.24) is 5.32 Å². The normalized spacial score (nSPS) is 14.4. The molecule has 0 aromatic heterocycles. The predicted octanol–water partition coefficient (Wildman–Crippen LogP) is 5.82. The molecule has 0 bridgehead atoms. The van der Waals surface area contributed by atoms with E-state index < -0.39 is 36.0 Å². The second-order valence-electron chi connectivity index (χ2n) is 6.52. The molecule has 2 N–H and O–H groups in total. The van der Waals surface area contributed by atoms with Crippen LogP contribution in [0.5, 0.6) is 0 Å². The summed E-state index contributed by atoms with van der Waals surface area (Å²) in [6.45, 7) is 1.67. The minimum absolute atomic E-state index is 0.0333. The van der Waals surface area contributed by atoms with Crippen molar-refractivity contribution >= 4 is 5.97 Å². The number of carbonyl (C=O) groups is 1. The predicted molar refractivity (Wildman–Crippen MR) is 95.1 cm³/mol. The Morgan fingerprint density at radius 2 is 1.41 bits per heavy atom. The molecule has 0 amide bonds. The Morgan fingerprint density at radius 3 is 1.79 bits per heavy atom. The van der Waals surface area contributed by atoms with Crippen LogP contribution in [-0.4, -0.2) is 23.3 Å². The van der Waals surface area contributed by atoms with Crippen LogP contribution in [0.1, 0.15) is 36.9 Å². The van der Waals surface area contributed by atoms with Crippen molar-refractivity contribution in [3.05, 3.63) is 59.7 Å². The smallest absolute Gasteiger partial charge is 0.416 e. The number of aliphatic carboxylic acids is 1. The SMILES string of the molecule is CCC[C@H](N[C@@H](c1ccc(-c2ccc(C(F)(F)F)cc2)cc1)C(F)(F)F)C(=O)O. The molecule has 3 nitrogen and oxygen atoms in total. The van der Waals surface area contributed by atoms with Crippen molar-refractivity contribution in [3.8, 4) is 11.1 Å². The van der Waals surface area contributed by atoms with Crippen LogP contribution in [0, 0.1) is 0 Å². The molecule has 29 heavy (non-hydrogen) atoms. The van der Waals surface area contributed by atoms with Gasteiger partial charge in [-0.1, -0.05) is 49.7 Å². The zero-order chi connectivity index (χ0) is 21.8. The molecule has 2 rings (SSSR count). The van der Waals surface area contributed by atoms with Gasteiger partial charge >= 0.3 is 18.3 Å². The fraction of sp³-hybridized carbons (Fsp3) is 0.350. The number of hydrogen-bond donors (Lipinski definition) is 2. The van der Waals surface area contributed by atoms with Gasteiger partial charge in [0.05, 0.1) is 5.56 Å². The van der Waals surface area contributed by atoms with Crippen LogP contribution in [0.15, 0.2) is 48.5 Å². The molecule has 0 aliphatic carbocycles. The van der Waals surface area contributed by atoms with Crippen molar-refractivity contribution in [2.24, 2.45) is 0 Å². The maximum atomic E-state index is 13.5. The topological polar surface area (TPSA) is 49.3 Å². The van der Waals surface area contributed by atoms with E-state index in [0.717, 1.165) is 12.1 Å². The van der Waals surface area contributed by atoms with Crippen LogP contribution in [0.2, 0.25) is 0 Å². The molecule has 2 atom stereocenters. The number of rotatable bonds is 7. The molecular formula is C20H19F6NO2. The molecule has 2 aromatic carbocycles. The van der Waals surface area contributed by atoms with E-state index in [1.54, 1.807) is 6.92 Å². The first-order valence-corrected chi connectivity index (χ1v) is 8.76. The van der Waals surface area contributed by atoms with E-state index in [1.165, 1.54) is 36.4 Å². The molecule has 0 saturated carbocycles. The van der Waals surface area contributed by atoms with E-state index in [-0.39, 0.29) is 12.0 Å². The summed E-state index contributed by atoms with van der Waals surface area (Å²) in [6, 6.07) is 5.79. The lowest BCUT2D eigenvalue weighted by atomic mass is 9.98. The van der Waals surface area contributed by atoms with Crippen LogP contribution in [0.4, 0.5) is 26.3 Å². The molecule has 0 fully saturated rings. The summed E-state index contributed by atoms with van der Waals surface area (Å²) in [7, 11) is 0. The molecule has 2 aromatic rings. The molecule has 0 aliphatic rings. The van der Waals surface area contributed by atoms with Crippen molar-refractivity contribution in [2.75, 3.05) is 0 Å². The van der Waals surface area contributed by atoms with Crippen LogP contribution in [0.25, 0.3) is 11.1 Å². The van der Waals surface area contributed by atoms with Gasteiger partial charge in [0.15, 0.2) is 0 Å². The third kappa shape index (κ3) is 5.96. The van der Waals surface area contributed by atoms with Gasteiger partial charge in [0.1, 0.15) is 12.1 Å². The second kappa shape index (κ2) is 8.86. The lowest BCUT2D eigenvalue weighted by Gasteiger charge is -2.26. The lowest BCUT2D eigenvalue weighted by Crippen LogP contribution is -2.44. The summed E-state index contributed by atoms with van der Waals surface area (Å²) in [5.41, 5.74) is -0.160. The number of benzene rings is 2. The quantitative estimate of drug-likeness (QED) is 0.556. The lowest BCUT2D eigenvalue weighted by molar-refractivity contribution is -0.163. The van der Waals surface area contributed by atoms with Crippen LogP contribution in [-0.2, 0) is 11.0 Å². The van der Waals surface area contributed by atoms with Crippen molar-refractivity contribution in [2.45, 2.75) is 44.2 Å². The molecule has 158 valence electrons. The first kappa shape index (κ1) is 22.7. The van der Waals surface area contributed by atoms with E-state index in [2.05, 4.69) is 5.32 Å². The number of carboxylic acids is 1. The van der Waals surface area contributed by atoms with Gasteiger partial charge in [0, 0.05) is 0 Å². The van der Waals surface area contributed by atoms with E-state index in [9.17, 15) is 31.1 Å². The zero-order valence-corrected chi connectivity index (χ0v) is 15.3. The van der Waals surface area contributed by atoms with E-state index >= 15 is 0 Å². The van der Waals surface area contributed by atoms with Crippen molar-refractivity contribution in [3.63, 3.8) is 0 Å². The highest BCUT2D eigenvalue weighted by Gasteiger charge is 2.42. The van der Waals surface area contributed by atoms with Crippen LogP contribution in [0.3, 0.4) is 0 Å². The first-order valence-electron chi connectivity index (χ1n) is 8.76. The third-order valence-electron chi connectivity index (χ3n) is 4.36. The number of alkyl halides is 6. The van der Waals surface area contributed by atoms with Gasteiger partial charge in [-0.2, -0.15) is 26.3 Å². The minimum atomic E-state index is -4.72. The summed E-state index contributed by atoms with van der Waals surface area (Å²) >= 11 is 0. The number of hydrogen-bond acceptors (Lipinski definition) is 2. The molecule has 0 unspecified atom stereocenters. The highest BCUT2D eigenvalue weighted by Crippen LogP contribution is 2.35. The first-order chi connectivity index (χ1) is 13.4. The van der Waals surface area contributed by atoms with Gasteiger partial charge in [-0.3, -0.25) is 10.1 Å². The maximum absolute atomic E-state index is 13.5. The molecule has 0 spiro atoms. The van der Waals surface area contributed by atoms with E-state index in [0.29, 0.717) is 17.5 Å². The Bertz CT molecular complexity index is 813. The molecule has 0 aliphatic heterocycles. The average molecular weight is 419 g/mol. The number of nitrogens with one attached hydrogen (secondary N) is 1. The van der Waals surface area contributed by atoms with Crippen molar-refractivity contribution < 1.29 is 36.2 Å². The highest BCUT2D eigenvalue weighted by molar-refractivity contribution is 5.73. The average Bonchev–Trinajstić information content (AvgIpc) is 2.63. The summed E-state index contributed by atoms with van der Waals surface area (Å²) in [5.74, 6) is -1.37. The largest absolute Gasteiger partial charge is 0.480 e. The summed E-state index contributed by atoms with van der Waals surface area (Å²) in [5, 5.41) is 11.3. The second-order valence-corrected chi connectivity index (χ2v) is 6.52. The molecular weight excluding hydrogens is 400 g/mol. The highest BCUT2D eigenvalue weighted by atomic mass is 19.4. The Kier molecular flexibility index (Phi) is 6.94. The van der Waals surface area contributed by atoms with E-state index in [1.807, 2.05) is 0 Å². The molecule has 9 heteroatoms. The molecule has 0 saturated heterocycles. The monoisotopic (exact) mass is 419 g/mol. The van der Waals surface area contributed by atoms with E-state index in [4.69, 9.17) is 5.11 Å². The van der Waals surface area contributed by atoms with Gasteiger partial charge in [0.2, 0.25) is 0 Å².